The van der Waals surface area contributed by atoms with Crippen molar-refractivity contribution in [1.29, 1.82) is 0 Å². The van der Waals surface area contributed by atoms with Crippen molar-refractivity contribution in [2.75, 3.05) is 13.2 Å². The van der Waals surface area contributed by atoms with Crippen molar-refractivity contribution >= 4 is 26.0 Å². The van der Waals surface area contributed by atoms with Gasteiger partial charge in [0.1, 0.15) is 5.78 Å². The molecule has 2 saturated carbocycles. The number of hydrogen-bond donors (Lipinski definition) is 0. The molecular formula is C23H26O7S2. The molecule has 2 bridgehead atoms. The van der Waals surface area contributed by atoms with E-state index in [9.17, 15) is 21.6 Å². The first-order valence-electron chi connectivity index (χ1n) is 10.5. The third kappa shape index (κ3) is 4.52. The first kappa shape index (κ1) is 23.1. The smallest absolute Gasteiger partial charge is 0.296 e. The molecular weight excluding hydrogens is 452 g/mol. The van der Waals surface area contributed by atoms with Gasteiger partial charge in [0, 0.05) is 11.8 Å². The Morgan fingerprint density at radius 2 is 1.03 bits per heavy atom. The van der Waals surface area contributed by atoms with Crippen molar-refractivity contribution in [3.05, 3.63) is 59.7 Å². The van der Waals surface area contributed by atoms with Crippen LogP contribution in [0, 0.1) is 37.5 Å². The van der Waals surface area contributed by atoms with Gasteiger partial charge in [-0.25, -0.2) is 0 Å². The van der Waals surface area contributed by atoms with Crippen LogP contribution in [0.2, 0.25) is 0 Å². The van der Waals surface area contributed by atoms with Gasteiger partial charge in [-0.05, 0) is 62.8 Å². The minimum absolute atomic E-state index is 0.0485. The number of ketones is 1. The Morgan fingerprint density at radius 1 is 0.688 bits per heavy atom. The van der Waals surface area contributed by atoms with Crippen molar-refractivity contribution in [3.8, 4) is 0 Å². The standard InChI is InChI=1S/C23H26O7S2/c1-15-3-7-17(8-4-15)31(25,26)29-13-21-19-11-12-20(23(19)24)22(21)14-30-32(27,28)18-9-5-16(2)6-10-18/h3-10,19-22H,11-14H2,1-2H3. The third-order valence-electron chi connectivity index (χ3n) is 6.55. The van der Waals surface area contributed by atoms with Gasteiger partial charge in [-0.15, -0.1) is 0 Å². The lowest BCUT2D eigenvalue weighted by Gasteiger charge is -2.28. The molecule has 0 heterocycles. The summed E-state index contributed by atoms with van der Waals surface area (Å²) in [6, 6.07) is 12.6. The Labute approximate surface area is 189 Å². The second kappa shape index (κ2) is 8.70. The molecule has 4 unspecified atom stereocenters. The van der Waals surface area contributed by atoms with Gasteiger partial charge in [0.05, 0.1) is 23.0 Å². The average Bonchev–Trinajstić information content (AvgIpc) is 3.24. The molecule has 172 valence electrons. The number of carbonyl (C=O) groups excluding carboxylic acids is 1. The number of hydrogen-bond acceptors (Lipinski definition) is 7. The van der Waals surface area contributed by atoms with Crippen LogP contribution in [0.4, 0.5) is 0 Å². The van der Waals surface area contributed by atoms with E-state index in [1.54, 1.807) is 24.3 Å². The summed E-state index contributed by atoms with van der Waals surface area (Å²) in [4.78, 5) is 12.7. The molecule has 0 aromatic heterocycles. The highest BCUT2D eigenvalue weighted by Gasteiger charge is 2.54. The highest BCUT2D eigenvalue weighted by molar-refractivity contribution is 7.87. The van der Waals surface area contributed by atoms with Crippen LogP contribution in [0.15, 0.2) is 58.3 Å². The lowest BCUT2D eigenvalue weighted by molar-refractivity contribution is -0.122. The maximum Gasteiger partial charge on any atom is 0.296 e. The molecule has 4 rings (SSSR count). The molecule has 0 amide bonds. The Hall–Kier alpha value is -2.07. The van der Waals surface area contributed by atoms with Gasteiger partial charge in [-0.2, -0.15) is 16.8 Å². The van der Waals surface area contributed by atoms with Crippen molar-refractivity contribution in [1.82, 2.24) is 0 Å². The molecule has 9 heteroatoms. The number of carbonyl (C=O) groups is 1. The van der Waals surface area contributed by atoms with Crippen molar-refractivity contribution in [2.24, 2.45) is 23.7 Å². The molecule has 0 aliphatic heterocycles. The molecule has 32 heavy (non-hydrogen) atoms. The maximum absolute atomic E-state index is 12.6. The molecule has 2 aliphatic rings. The summed E-state index contributed by atoms with van der Waals surface area (Å²) in [6.45, 7) is 3.35. The van der Waals surface area contributed by atoms with Gasteiger partial charge < -0.3 is 0 Å². The summed E-state index contributed by atoms with van der Waals surface area (Å²) >= 11 is 0. The summed E-state index contributed by atoms with van der Waals surface area (Å²) in [6.07, 6.45) is 1.31. The van der Waals surface area contributed by atoms with E-state index in [1.807, 2.05) is 13.8 Å². The number of fused-ring (bicyclic) bond motifs is 2. The van der Waals surface area contributed by atoms with Crippen LogP contribution < -0.4 is 0 Å². The minimum atomic E-state index is -3.98. The van der Waals surface area contributed by atoms with Crippen LogP contribution in [-0.2, 0) is 33.4 Å². The molecule has 0 spiro atoms. The fourth-order valence-corrected chi connectivity index (χ4v) is 6.61. The van der Waals surface area contributed by atoms with Crippen molar-refractivity contribution < 1.29 is 30.0 Å². The molecule has 2 aromatic carbocycles. The van der Waals surface area contributed by atoms with Gasteiger partial charge in [-0.3, -0.25) is 13.2 Å². The summed E-state index contributed by atoms with van der Waals surface area (Å²) in [5.74, 6) is -1.43. The Balaban J connectivity index is 1.47. The molecule has 2 aliphatic carbocycles. The second-order valence-electron chi connectivity index (χ2n) is 8.62. The van der Waals surface area contributed by atoms with Crippen molar-refractivity contribution in [3.63, 3.8) is 0 Å². The minimum Gasteiger partial charge on any atom is -0.299 e. The third-order valence-corrected chi connectivity index (χ3v) is 9.15. The zero-order valence-corrected chi connectivity index (χ0v) is 19.6. The van der Waals surface area contributed by atoms with Crippen LogP contribution >= 0.6 is 0 Å². The van der Waals surface area contributed by atoms with E-state index in [0.717, 1.165) is 11.1 Å². The van der Waals surface area contributed by atoms with Crippen LogP contribution in [0.1, 0.15) is 24.0 Å². The Morgan fingerprint density at radius 3 is 1.38 bits per heavy atom. The van der Waals surface area contributed by atoms with E-state index in [-0.39, 0.29) is 40.6 Å². The van der Waals surface area contributed by atoms with Crippen LogP contribution in [-0.4, -0.2) is 35.8 Å². The SMILES string of the molecule is Cc1ccc(S(=O)(=O)OCC2C3CCC(C3=O)C2COS(=O)(=O)c2ccc(C)cc2)cc1. The summed E-state index contributed by atoms with van der Waals surface area (Å²) < 4.78 is 61.0. The van der Waals surface area contributed by atoms with Crippen molar-refractivity contribution in [2.45, 2.75) is 36.5 Å². The predicted molar refractivity (Wildman–Crippen MR) is 117 cm³/mol. The van der Waals surface area contributed by atoms with Gasteiger partial charge in [0.15, 0.2) is 0 Å². The van der Waals surface area contributed by atoms with E-state index in [1.165, 1.54) is 24.3 Å². The quantitative estimate of drug-likeness (QED) is 0.537. The summed E-state index contributed by atoms with van der Waals surface area (Å²) in [5, 5.41) is 0. The van der Waals surface area contributed by atoms with E-state index < -0.39 is 32.1 Å². The Kier molecular flexibility index (Phi) is 6.28. The fourth-order valence-electron chi connectivity index (χ4n) is 4.73. The van der Waals surface area contributed by atoms with E-state index in [2.05, 4.69) is 0 Å². The lowest BCUT2D eigenvalue weighted by atomic mass is 9.80. The van der Waals surface area contributed by atoms with E-state index in [0.29, 0.717) is 12.8 Å². The normalized spacial score (nSPS) is 25.4. The van der Waals surface area contributed by atoms with E-state index >= 15 is 0 Å². The molecule has 2 aromatic rings. The van der Waals surface area contributed by atoms with Gasteiger partial charge >= 0.3 is 0 Å². The molecule has 0 saturated heterocycles. The monoisotopic (exact) mass is 478 g/mol. The predicted octanol–water partition coefficient (Wildman–Crippen LogP) is 3.26. The summed E-state index contributed by atoms with van der Waals surface area (Å²) in [5.41, 5.74) is 1.85. The zero-order chi connectivity index (χ0) is 23.1. The van der Waals surface area contributed by atoms with Crippen LogP contribution in [0.3, 0.4) is 0 Å². The molecule has 0 radical (unpaired) electrons. The number of Topliss-reactive ketones (excluding diaryl/α,β-unsaturated/α-hetero) is 1. The summed E-state index contributed by atoms with van der Waals surface area (Å²) in [7, 11) is -7.97. The molecule has 4 atom stereocenters. The molecule has 7 nitrogen and oxygen atoms in total. The van der Waals surface area contributed by atoms with Gasteiger partial charge in [0.25, 0.3) is 20.2 Å². The second-order valence-corrected chi connectivity index (χ2v) is 11.9. The first-order valence-corrected chi connectivity index (χ1v) is 13.4. The van der Waals surface area contributed by atoms with E-state index in [4.69, 9.17) is 8.37 Å². The van der Waals surface area contributed by atoms with Gasteiger partial charge in [-0.1, -0.05) is 35.4 Å². The number of rotatable bonds is 8. The first-order chi connectivity index (χ1) is 15.1. The molecule has 2 fully saturated rings. The van der Waals surface area contributed by atoms with Crippen LogP contribution in [0.25, 0.3) is 0 Å². The topological polar surface area (TPSA) is 104 Å². The maximum atomic E-state index is 12.6. The molecule has 0 N–H and O–H groups in total. The highest BCUT2D eigenvalue weighted by atomic mass is 32.2. The highest BCUT2D eigenvalue weighted by Crippen LogP contribution is 2.50. The average molecular weight is 479 g/mol. The number of benzene rings is 2. The fraction of sp³-hybridized carbons (Fsp3) is 0.435. The Bertz CT molecular complexity index is 1100. The number of aryl methyl sites for hydroxylation is 2. The lowest BCUT2D eigenvalue weighted by Crippen LogP contribution is -2.31. The van der Waals surface area contributed by atoms with Crippen LogP contribution in [0.5, 0.6) is 0 Å². The zero-order valence-electron chi connectivity index (χ0n) is 17.9. The largest absolute Gasteiger partial charge is 0.299 e. The van der Waals surface area contributed by atoms with Gasteiger partial charge in [0.2, 0.25) is 0 Å².